The summed E-state index contributed by atoms with van der Waals surface area (Å²) in [6.07, 6.45) is 3.21. The number of carbonyl (C=O) groups excluding carboxylic acids is 1. The fraction of sp³-hybridized carbons (Fsp3) is 0.529. The van der Waals surface area contributed by atoms with Gasteiger partial charge in [-0.25, -0.2) is 9.18 Å². The van der Waals surface area contributed by atoms with Crippen molar-refractivity contribution in [2.45, 2.75) is 40.0 Å². The first-order valence-corrected chi connectivity index (χ1v) is 7.39. The van der Waals surface area contributed by atoms with Gasteiger partial charge >= 0.3 is 5.97 Å². The average molecular weight is 289 g/mol. The molecule has 0 heterocycles. The second-order valence-electron chi connectivity index (χ2n) is 6.92. The van der Waals surface area contributed by atoms with Crippen molar-refractivity contribution in [1.82, 2.24) is 0 Å². The van der Waals surface area contributed by atoms with Crippen molar-refractivity contribution in [2.24, 2.45) is 21.9 Å². The molecular formula is C17H20FNO2. The fourth-order valence-electron chi connectivity index (χ4n) is 3.80. The summed E-state index contributed by atoms with van der Waals surface area (Å²) >= 11 is 0. The van der Waals surface area contributed by atoms with E-state index in [1.807, 2.05) is 0 Å². The summed E-state index contributed by atoms with van der Waals surface area (Å²) in [7, 11) is 0. The van der Waals surface area contributed by atoms with Gasteiger partial charge in [0.25, 0.3) is 0 Å². The van der Waals surface area contributed by atoms with Gasteiger partial charge in [0, 0.05) is 5.41 Å². The van der Waals surface area contributed by atoms with Gasteiger partial charge in [-0.2, -0.15) is 0 Å². The fourth-order valence-corrected chi connectivity index (χ4v) is 3.80. The Morgan fingerprint density at radius 2 is 1.95 bits per heavy atom. The molecule has 2 aliphatic rings. The Bertz CT molecular complexity index is 606. The lowest BCUT2D eigenvalue weighted by Crippen LogP contribution is -2.32. The van der Waals surface area contributed by atoms with E-state index in [0.717, 1.165) is 18.6 Å². The molecule has 21 heavy (non-hydrogen) atoms. The van der Waals surface area contributed by atoms with Crippen LogP contribution in [0.1, 0.15) is 50.4 Å². The molecule has 0 amide bonds. The lowest BCUT2D eigenvalue weighted by Gasteiger charge is -2.34. The van der Waals surface area contributed by atoms with E-state index in [-0.39, 0.29) is 16.6 Å². The zero-order valence-electron chi connectivity index (χ0n) is 12.6. The maximum absolute atomic E-state index is 12.8. The number of rotatable bonds is 2. The molecule has 3 rings (SSSR count). The minimum atomic E-state index is -0.535. The number of hydrogen-bond donors (Lipinski definition) is 0. The highest BCUT2D eigenvalue weighted by atomic mass is 19.1. The first kappa shape index (κ1) is 14.2. The number of benzene rings is 1. The van der Waals surface area contributed by atoms with Crippen LogP contribution in [0.3, 0.4) is 0 Å². The van der Waals surface area contributed by atoms with Gasteiger partial charge in [-0.05, 0) is 54.9 Å². The van der Waals surface area contributed by atoms with E-state index >= 15 is 0 Å². The third kappa shape index (κ3) is 2.08. The molecule has 3 nitrogen and oxygen atoms in total. The van der Waals surface area contributed by atoms with Crippen LogP contribution in [0.4, 0.5) is 4.39 Å². The Labute approximate surface area is 124 Å². The Morgan fingerprint density at radius 3 is 2.48 bits per heavy atom. The molecule has 0 radical (unpaired) electrons. The highest BCUT2D eigenvalue weighted by molar-refractivity contribution is 5.95. The quantitative estimate of drug-likeness (QED) is 0.605. The highest BCUT2D eigenvalue weighted by Crippen LogP contribution is 2.63. The van der Waals surface area contributed by atoms with E-state index < -0.39 is 5.97 Å². The maximum Gasteiger partial charge on any atom is 0.365 e. The minimum Gasteiger partial charge on any atom is -0.313 e. The van der Waals surface area contributed by atoms with Crippen LogP contribution in [-0.4, -0.2) is 11.7 Å². The smallest absolute Gasteiger partial charge is 0.313 e. The number of halogens is 1. The molecule has 0 N–H and O–H groups in total. The first-order chi connectivity index (χ1) is 9.84. The molecule has 0 spiro atoms. The standard InChI is InChI=1S/C17H20FNO2/c1-16(2)12-8-9-17(16,3)14(10-12)19-21-15(20)11-4-6-13(18)7-5-11/h4-7,12H,8-10H2,1-3H3/t12-,17+/m0/s1. The summed E-state index contributed by atoms with van der Waals surface area (Å²) in [5, 5.41) is 4.15. The van der Waals surface area contributed by atoms with E-state index in [2.05, 4.69) is 25.9 Å². The molecule has 1 aromatic rings. The maximum atomic E-state index is 12.8. The van der Waals surface area contributed by atoms with Crippen LogP contribution in [0.15, 0.2) is 29.4 Å². The minimum absolute atomic E-state index is 0.0146. The van der Waals surface area contributed by atoms with Crippen molar-refractivity contribution in [2.75, 3.05) is 0 Å². The van der Waals surface area contributed by atoms with Crippen molar-refractivity contribution in [3.8, 4) is 0 Å². The molecular weight excluding hydrogens is 269 g/mol. The van der Waals surface area contributed by atoms with Crippen molar-refractivity contribution in [3.05, 3.63) is 35.6 Å². The third-order valence-corrected chi connectivity index (χ3v) is 5.83. The summed E-state index contributed by atoms with van der Waals surface area (Å²) in [6, 6.07) is 5.30. The van der Waals surface area contributed by atoms with E-state index in [4.69, 9.17) is 4.84 Å². The van der Waals surface area contributed by atoms with Gasteiger partial charge < -0.3 is 4.84 Å². The van der Waals surface area contributed by atoms with E-state index in [0.29, 0.717) is 11.5 Å². The summed E-state index contributed by atoms with van der Waals surface area (Å²) in [6.45, 7) is 6.76. The van der Waals surface area contributed by atoms with Crippen LogP contribution >= 0.6 is 0 Å². The molecule has 0 aliphatic heterocycles. The summed E-state index contributed by atoms with van der Waals surface area (Å²) in [5.74, 6) is -0.294. The van der Waals surface area contributed by atoms with Crippen molar-refractivity contribution >= 4 is 11.7 Å². The lowest BCUT2D eigenvalue weighted by molar-refractivity contribution is 0.0508. The monoisotopic (exact) mass is 289 g/mol. The van der Waals surface area contributed by atoms with E-state index in [1.54, 1.807) is 0 Å². The molecule has 0 unspecified atom stereocenters. The molecule has 1 aromatic carbocycles. The molecule has 2 saturated carbocycles. The Morgan fingerprint density at radius 1 is 1.29 bits per heavy atom. The van der Waals surface area contributed by atoms with Crippen molar-refractivity contribution in [1.29, 1.82) is 0 Å². The van der Waals surface area contributed by atoms with Crippen LogP contribution in [0.2, 0.25) is 0 Å². The Balaban J connectivity index is 1.76. The van der Waals surface area contributed by atoms with Gasteiger partial charge in [-0.1, -0.05) is 25.9 Å². The molecule has 4 heteroatoms. The SMILES string of the molecule is CC1(C)[C@H]2CC[C@]1(C)C(=NOC(=O)c1ccc(F)cc1)C2. The molecule has 0 aromatic heterocycles. The Hall–Kier alpha value is -1.71. The van der Waals surface area contributed by atoms with Crippen molar-refractivity contribution in [3.63, 3.8) is 0 Å². The lowest BCUT2D eigenvalue weighted by atomic mass is 9.70. The van der Waals surface area contributed by atoms with Crippen LogP contribution in [0, 0.1) is 22.6 Å². The number of oxime groups is 1. The van der Waals surface area contributed by atoms with Crippen LogP contribution < -0.4 is 0 Å². The third-order valence-electron chi connectivity index (χ3n) is 5.83. The average Bonchev–Trinajstić information content (AvgIpc) is 2.78. The second kappa shape index (κ2) is 4.65. The topological polar surface area (TPSA) is 38.7 Å². The zero-order chi connectivity index (χ0) is 15.3. The molecule has 2 fully saturated rings. The number of nitrogens with zero attached hydrogens (tertiary/aromatic N) is 1. The van der Waals surface area contributed by atoms with E-state index in [1.165, 1.54) is 30.7 Å². The summed E-state index contributed by atoms with van der Waals surface area (Å²) in [5.41, 5.74) is 1.52. The van der Waals surface area contributed by atoms with Gasteiger partial charge in [0.1, 0.15) is 5.82 Å². The highest BCUT2D eigenvalue weighted by Gasteiger charge is 2.60. The van der Waals surface area contributed by atoms with E-state index in [9.17, 15) is 9.18 Å². The predicted molar refractivity (Wildman–Crippen MR) is 78.5 cm³/mol. The van der Waals surface area contributed by atoms with Gasteiger partial charge in [-0.3, -0.25) is 0 Å². The van der Waals surface area contributed by atoms with Gasteiger partial charge in [-0.15, -0.1) is 0 Å². The molecule has 2 atom stereocenters. The molecule has 0 saturated heterocycles. The number of fused-ring (bicyclic) bond motifs is 2. The molecule has 2 bridgehead atoms. The number of carbonyl (C=O) groups is 1. The normalized spacial score (nSPS) is 31.6. The summed E-state index contributed by atoms with van der Waals surface area (Å²) in [4.78, 5) is 17.0. The van der Waals surface area contributed by atoms with Gasteiger partial charge in [0.05, 0.1) is 11.3 Å². The van der Waals surface area contributed by atoms with Crippen molar-refractivity contribution < 1.29 is 14.0 Å². The molecule has 2 aliphatic carbocycles. The Kier molecular flexibility index (Phi) is 3.15. The van der Waals surface area contributed by atoms with Gasteiger partial charge in [0.2, 0.25) is 0 Å². The number of hydrogen-bond acceptors (Lipinski definition) is 3. The predicted octanol–water partition coefficient (Wildman–Crippen LogP) is 4.18. The summed E-state index contributed by atoms with van der Waals surface area (Å²) < 4.78 is 12.8. The first-order valence-electron chi connectivity index (χ1n) is 7.39. The van der Waals surface area contributed by atoms with Crippen LogP contribution in [-0.2, 0) is 4.84 Å². The van der Waals surface area contributed by atoms with Gasteiger partial charge in [0.15, 0.2) is 0 Å². The second-order valence-corrected chi connectivity index (χ2v) is 6.92. The zero-order valence-corrected chi connectivity index (χ0v) is 12.6. The van der Waals surface area contributed by atoms with Crippen LogP contribution in [0.25, 0.3) is 0 Å². The molecule has 112 valence electrons. The largest absolute Gasteiger partial charge is 0.365 e. The van der Waals surface area contributed by atoms with Crippen LogP contribution in [0.5, 0.6) is 0 Å².